The number of anilines is 1. The second kappa shape index (κ2) is 7.11. The van der Waals surface area contributed by atoms with Crippen molar-refractivity contribution in [2.24, 2.45) is 0 Å². The van der Waals surface area contributed by atoms with E-state index in [0.717, 1.165) is 43.5 Å². The fourth-order valence-electron chi connectivity index (χ4n) is 2.62. The lowest BCUT2D eigenvalue weighted by molar-refractivity contribution is -0.139. The number of fused-ring (bicyclic) bond motifs is 1. The van der Waals surface area contributed by atoms with Gasteiger partial charge in [-0.25, -0.2) is 4.79 Å². The second-order valence-electron chi connectivity index (χ2n) is 5.37. The molecule has 1 aromatic carbocycles. The van der Waals surface area contributed by atoms with E-state index in [1.54, 1.807) is 6.07 Å². The summed E-state index contributed by atoms with van der Waals surface area (Å²) in [7, 11) is 0. The zero-order chi connectivity index (χ0) is 15.2. The van der Waals surface area contributed by atoms with Crippen LogP contribution in [0.3, 0.4) is 0 Å². The molecule has 1 unspecified atom stereocenters. The highest BCUT2D eigenvalue weighted by atomic mass is 16.4. The predicted molar refractivity (Wildman–Crippen MR) is 81.7 cm³/mol. The van der Waals surface area contributed by atoms with E-state index in [4.69, 9.17) is 0 Å². The summed E-state index contributed by atoms with van der Waals surface area (Å²) in [4.78, 5) is 23.6. The highest BCUT2D eigenvalue weighted by Crippen LogP contribution is 2.25. The quantitative estimate of drug-likeness (QED) is 0.752. The van der Waals surface area contributed by atoms with Crippen LogP contribution in [0.5, 0.6) is 0 Å². The Morgan fingerprint density at radius 2 is 2.24 bits per heavy atom. The van der Waals surface area contributed by atoms with Gasteiger partial charge in [-0.05, 0) is 37.0 Å². The van der Waals surface area contributed by atoms with Gasteiger partial charge in [0, 0.05) is 17.8 Å². The number of amides is 1. The first-order valence-electron chi connectivity index (χ1n) is 7.53. The summed E-state index contributed by atoms with van der Waals surface area (Å²) in [6, 6.07) is 4.73. The molecule has 1 amide bonds. The lowest BCUT2D eigenvalue weighted by Crippen LogP contribution is -2.41. The molecule has 0 aromatic heterocycles. The number of carboxylic acids is 1. The Balaban J connectivity index is 2.14. The molecule has 2 rings (SSSR count). The number of carbonyl (C=O) groups is 2. The molecule has 1 aliphatic heterocycles. The van der Waals surface area contributed by atoms with Crippen molar-refractivity contribution in [1.82, 2.24) is 5.32 Å². The van der Waals surface area contributed by atoms with Crippen LogP contribution in [-0.4, -0.2) is 29.6 Å². The molecule has 3 N–H and O–H groups in total. The van der Waals surface area contributed by atoms with Crippen LogP contribution in [0.1, 0.15) is 48.5 Å². The molecule has 0 saturated heterocycles. The van der Waals surface area contributed by atoms with Gasteiger partial charge in [-0.15, -0.1) is 0 Å². The smallest absolute Gasteiger partial charge is 0.326 e. The normalized spacial score (nSPS) is 14.7. The highest BCUT2D eigenvalue weighted by Gasteiger charge is 2.23. The highest BCUT2D eigenvalue weighted by molar-refractivity contribution is 5.99. The number of nitrogens with one attached hydrogen (secondary N) is 2. The molecule has 1 atom stereocenters. The molecule has 0 saturated carbocycles. The summed E-state index contributed by atoms with van der Waals surface area (Å²) in [6.45, 7) is 2.91. The number of hydrogen-bond acceptors (Lipinski definition) is 3. The first kappa shape index (κ1) is 15.4. The number of unbranched alkanes of at least 4 members (excludes halogenated alkanes) is 1. The zero-order valence-electron chi connectivity index (χ0n) is 12.3. The van der Waals surface area contributed by atoms with Crippen LogP contribution < -0.4 is 10.6 Å². The number of hydrogen-bond donors (Lipinski definition) is 3. The van der Waals surface area contributed by atoms with Gasteiger partial charge in [-0.2, -0.15) is 0 Å². The molecular weight excluding hydrogens is 268 g/mol. The van der Waals surface area contributed by atoms with Gasteiger partial charge in [0.15, 0.2) is 0 Å². The third-order valence-corrected chi connectivity index (χ3v) is 3.79. The SMILES string of the molecule is CCCCC(NC(=O)c1cccc2c1CCCN2)C(=O)O. The van der Waals surface area contributed by atoms with Crippen LogP contribution >= 0.6 is 0 Å². The number of carbonyl (C=O) groups excluding carboxylic acids is 1. The van der Waals surface area contributed by atoms with Gasteiger partial charge >= 0.3 is 5.97 Å². The minimum absolute atomic E-state index is 0.293. The van der Waals surface area contributed by atoms with E-state index in [0.29, 0.717) is 12.0 Å². The number of rotatable bonds is 6. The summed E-state index contributed by atoms with van der Waals surface area (Å²) >= 11 is 0. The molecule has 114 valence electrons. The second-order valence-corrected chi connectivity index (χ2v) is 5.37. The van der Waals surface area contributed by atoms with E-state index < -0.39 is 12.0 Å². The Labute approximate surface area is 124 Å². The van der Waals surface area contributed by atoms with Gasteiger partial charge in [0.2, 0.25) is 0 Å². The number of carboxylic acid groups (broad SMARTS) is 1. The fraction of sp³-hybridized carbons (Fsp3) is 0.500. The predicted octanol–water partition coefficient (Wildman–Crippen LogP) is 2.42. The summed E-state index contributed by atoms with van der Waals surface area (Å²) in [5.41, 5.74) is 2.55. The summed E-state index contributed by atoms with van der Waals surface area (Å²) in [6.07, 6.45) is 3.98. The van der Waals surface area contributed by atoms with Crippen molar-refractivity contribution >= 4 is 17.6 Å². The van der Waals surface area contributed by atoms with E-state index in [1.165, 1.54) is 0 Å². The molecule has 0 bridgehead atoms. The molecule has 1 aromatic rings. The zero-order valence-corrected chi connectivity index (χ0v) is 12.3. The molecule has 1 aliphatic rings. The van der Waals surface area contributed by atoms with Crippen LogP contribution in [-0.2, 0) is 11.2 Å². The Kier molecular flexibility index (Phi) is 5.20. The Hall–Kier alpha value is -2.04. The maximum absolute atomic E-state index is 12.4. The van der Waals surface area contributed by atoms with Crippen LogP contribution in [0, 0.1) is 0 Å². The van der Waals surface area contributed by atoms with Gasteiger partial charge in [0.05, 0.1) is 0 Å². The average molecular weight is 290 g/mol. The van der Waals surface area contributed by atoms with E-state index >= 15 is 0 Å². The standard InChI is InChI=1S/C16H22N2O3/c1-2-3-8-14(16(20)21)18-15(19)12-6-4-9-13-11(12)7-5-10-17-13/h4,6,9,14,17H,2-3,5,7-8,10H2,1H3,(H,18,19)(H,20,21). The molecule has 1 heterocycles. The van der Waals surface area contributed by atoms with Crippen molar-refractivity contribution in [2.45, 2.75) is 45.1 Å². The largest absolute Gasteiger partial charge is 0.480 e. The molecule has 0 fully saturated rings. The summed E-state index contributed by atoms with van der Waals surface area (Å²) < 4.78 is 0. The minimum Gasteiger partial charge on any atom is -0.480 e. The Morgan fingerprint density at radius 3 is 2.95 bits per heavy atom. The van der Waals surface area contributed by atoms with Crippen LogP contribution in [0.4, 0.5) is 5.69 Å². The average Bonchev–Trinajstić information content (AvgIpc) is 2.50. The molecule has 0 spiro atoms. The third kappa shape index (κ3) is 3.74. The monoisotopic (exact) mass is 290 g/mol. The molecule has 5 heteroatoms. The van der Waals surface area contributed by atoms with Gasteiger partial charge in [-0.1, -0.05) is 25.8 Å². The number of aliphatic carboxylic acids is 1. The van der Waals surface area contributed by atoms with Crippen molar-refractivity contribution < 1.29 is 14.7 Å². The van der Waals surface area contributed by atoms with Crippen LogP contribution in [0.15, 0.2) is 18.2 Å². The van der Waals surface area contributed by atoms with Gasteiger partial charge in [0.25, 0.3) is 5.91 Å². The fourth-order valence-corrected chi connectivity index (χ4v) is 2.62. The van der Waals surface area contributed by atoms with Crippen LogP contribution in [0.25, 0.3) is 0 Å². The van der Waals surface area contributed by atoms with E-state index in [-0.39, 0.29) is 5.91 Å². The lowest BCUT2D eigenvalue weighted by Gasteiger charge is -2.21. The van der Waals surface area contributed by atoms with Crippen molar-refractivity contribution in [2.75, 3.05) is 11.9 Å². The maximum Gasteiger partial charge on any atom is 0.326 e. The van der Waals surface area contributed by atoms with Gasteiger partial charge in [0.1, 0.15) is 6.04 Å². The maximum atomic E-state index is 12.4. The molecule has 5 nitrogen and oxygen atoms in total. The van der Waals surface area contributed by atoms with Crippen molar-refractivity contribution in [1.29, 1.82) is 0 Å². The van der Waals surface area contributed by atoms with E-state index in [2.05, 4.69) is 10.6 Å². The van der Waals surface area contributed by atoms with Crippen molar-refractivity contribution in [3.63, 3.8) is 0 Å². The van der Waals surface area contributed by atoms with Crippen LogP contribution in [0.2, 0.25) is 0 Å². The number of benzene rings is 1. The van der Waals surface area contributed by atoms with E-state index in [9.17, 15) is 14.7 Å². The summed E-state index contributed by atoms with van der Waals surface area (Å²) in [5, 5.41) is 15.1. The summed E-state index contributed by atoms with van der Waals surface area (Å²) in [5.74, 6) is -1.27. The van der Waals surface area contributed by atoms with Crippen molar-refractivity contribution in [3.05, 3.63) is 29.3 Å². The lowest BCUT2D eigenvalue weighted by atomic mass is 9.97. The van der Waals surface area contributed by atoms with Crippen molar-refractivity contribution in [3.8, 4) is 0 Å². The first-order chi connectivity index (χ1) is 10.1. The minimum atomic E-state index is -0.972. The van der Waals surface area contributed by atoms with Gasteiger partial charge < -0.3 is 15.7 Å². The molecule has 0 aliphatic carbocycles. The van der Waals surface area contributed by atoms with Gasteiger partial charge in [-0.3, -0.25) is 4.79 Å². The first-order valence-corrected chi connectivity index (χ1v) is 7.53. The Morgan fingerprint density at radius 1 is 1.43 bits per heavy atom. The molecule has 21 heavy (non-hydrogen) atoms. The molecular formula is C16H22N2O3. The topological polar surface area (TPSA) is 78.4 Å². The third-order valence-electron chi connectivity index (χ3n) is 3.79. The van der Waals surface area contributed by atoms with E-state index in [1.807, 2.05) is 19.1 Å². The molecule has 0 radical (unpaired) electrons. The Bertz CT molecular complexity index is 528.